The molecule has 1 aromatic carbocycles. The minimum absolute atomic E-state index is 0.483. The van der Waals surface area contributed by atoms with E-state index in [0.29, 0.717) is 6.04 Å². The predicted octanol–water partition coefficient (Wildman–Crippen LogP) is 5.06. The van der Waals surface area contributed by atoms with Crippen molar-refractivity contribution in [3.05, 3.63) is 54.4 Å². The summed E-state index contributed by atoms with van der Waals surface area (Å²) in [5, 5.41) is 3.50. The molecule has 5 rings (SSSR count). The molecule has 2 saturated heterocycles. The summed E-state index contributed by atoms with van der Waals surface area (Å²) in [6, 6.07) is 13.2. The molecule has 1 aliphatic carbocycles. The van der Waals surface area contributed by atoms with Gasteiger partial charge < -0.3 is 19.7 Å². The summed E-state index contributed by atoms with van der Waals surface area (Å²) in [4.78, 5) is 7.06. The van der Waals surface area contributed by atoms with Gasteiger partial charge in [-0.15, -0.1) is 0 Å². The molecule has 0 amide bonds. The first-order chi connectivity index (χ1) is 16.3. The maximum Gasteiger partial charge on any atom is 0.139 e. The lowest BCUT2D eigenvalue weighted by molar-refractivity contribution is 0.0656. The molecule has 4 atom stereocenters. The third-order valence-corrected chi connectivity index (χ3v) is 7.98. The van der Waals surface area contributed by atoms with E-state index in [1.807, 2.05) is 12.4 Å². The summed E-state index contributed by atoms with van der Waals surface area (Å²) < 4.78 is 12.1. The number of rotatable bonds is 9. The fraction of sp³-hybridized carbons (Fsp3) is 0.607. The Morgan fingerprint density at radius 3 is 2.85 bits per heavy atom. The molecular formula is C28H39N3O2. The van der Waals surface area contributed by atoms with Crippen molar-refractivity contribution in [2.75, 3.05) is 37.7 Å². The van der Waals surface area contributed by atoms with Crippen molar-refractivity contribution in [3.63, 3.8) is 0 Å². The topological polar surface area (TPSA) is 46.6 Å². The molecule has 2 aromatic rings. The number of nitrogens with zero attached hydrogens (tertiary/aromatic N) is 2. The third kappa shape index (κ3) is 6.07. The molecule has 2 aliphatic heterocycles. The minimum atomic E-state index is 0.483. The lowest BCUT2D eigenvalue weighted by Gasteiger charge is -2.46. The van der Waals surface area contributed by atoms with E-state index < -0.39 is 0 Å². The fourth-order valence-corrected chi connectivity index (χ4v) is 6.13. The standard InChI is InChI=1S/C28H39N3O2/c1-2-6-22(7-3-1)20-32-15-12-24-9-4-8-23-11-14-31(19-28(23)24)26-16-27(18-29-17-26)33-21-25-10-5-13-30-25/h1-3,6-7,16-18,23-25,28,30H,4-5,8-15,19-21H2/t23?,24-,25-,28?/m0/s1. The van der Waals surface area contributed by atoms with Crippen LogP contribution in [-0.4, -0.2) is 43.9 Å². The Morgan fingerprint density at radius 2 is 1.97 bits per heavy atom. The van der Waals surface area contributed by atoms with Gasteiger partial charge in [-0.3, -0.25) is 4.98 Å². The van der Waals surface area contributed by atoms with Crippen molar-refractivity contribution in [2.45, 2.75) is 57.6 Å². The zero-order valence-corrected chi connectivity index (χ0v) is 19.8. The van der Waals surface area contributed by atoms with Crippen molar-refractivity contribution in [2.24, 2.45) is 17.8 Å². The molecule has 5 heteroatoms. The van der Waals surface area contributed by atoms with Gasteiger partial charge in [-0.1, -0.05) is 49.6 Å². The third-order valence-electron chi connectivity index (χ3n) is 7.98. The molecule has 3 heterocycles. The van der Waals surface area contributed by atoms with Crippen molar-refractivity contribution in [3.8, 4) is 5.75 Å². The van der Waals surface area contributed by atoms with Gasteiger partial charge in [0.25, 0.3) is 0 Å². The van der Waals surface area contributed by atoms with Crippen molar-refractivity contribution < 1.29 is 9.47 Å². The van der Waals surface area contributed by atoms with E-state index in [9.17, 15) is 0 Å². The average Bonchev–Trinajstić information content (AvgIpc) is 3.40. The highest BCUT2D eigenvalue weighted by Crippen LogP contribution is 2.42. The number of aromatic nitrogens is 1. The number of benzene rings is 1. The van der Waals surface area contributed by atoms with E-state index in [1.165, 1.54) is 56.2 Å². The first-order valence-corrected chi connectivity index (χ1v) is 13.0. The van der Waals surface area contributed by atoms with Crippen LogP contribution in [0.2, 0.25) is 0 Å². The summed E-state index contributed by atoms with van der Waals surface area (Å²) >= 11 is 0. The van der Waals surface area contributed by atoms with Crippen LogP contribution in [-0.2, 0) is 11.3 Å². The largest absolute Gasteiger partial charge is 0.490 e. The quantitative estimate of drug-likeness (QED) is 0.542. The van der Waals surface area contributed by atoms with Crippen LogP contribution in [0.3, 0.4) is 0 Å². The van der Waals surface area contributed by atoms with Gasteiger partial charge in [0.1, 0.15) is 12.4 Å². The Morgan fingerprint density at radius 1 is 1.03 bits per heavy atom. The first kappa shape index (κ1) is 22.7. The van der Waals surface area contributed by atoms with Crippen molar-refractivity contribution in [1.29, 1.82) is 0 Å². The number of anilines is 1. The molecule has 0 spiro atoms. The monoisotopic (exact) mass is 449 g/mol. The summed E-state index contributed by atoms with van der Waals surface area (Å²) in [5.41, 5.74) is 2.48. The van der Waals surface area contributed by atoms with Gasteiger partial charge in [-0.05, 0) is 55.5 Å². The number of piperidine rings is 1. The number of hydrogen-bond acceptors (Lipinski definition) is 5. The minimum Gasteiger partial charge on any atom is -0.490 e. The molecule has 33 heavy (non-hydrogen) atoms. The van der Waals surface area contributed by atoms with Crippen LogP contribution in [0.15, 0.2) is 48.8 Å². The molecule has 1 N–H and O–H groups in total. The Hall–Kier alpha value is -2.11. The highest BCUT2D eigenvalue weighted by atomic mass is 16.5. The van der Waals surface area contributed by atoms with Crippen molar-refractivity contribution >= 4 is 5.69 Å². The van der Waals surface area contributed by atoms with Crippen LogP contribution in [0, 0.1) is 17.8 Å². The molecule has 1 aromatic heterocycles. The Balaban J connectivity index is 1.14. The van der Waals surface area contributed by atoms with Gasteiger partial charge in [0, 0.05) is 31.8 Å². The maximum absolute atomic E-state index is 6.08. The van der Waals surface area contributed by atoms with E-state index >= 15 is 0 Å². The van der Waals surface area contributed by atoms with Crippen LogP contribution in [0.25, 0.3) is 0 Å². The van der Waals surface area contributed by atoms with Gasteiger partial charge in [0.05, 0.1) is 24.7 Å². The predicted molar refractivity (Wildman–Crippen MR) is 133 cm³/mol. The summed E-state index contributed by atoms with van der Waals surface area (Å²) in [5.74, 6) is 3.30. The Bertz CT molecular complexity index is 855. The summed E-state index contributed by atoms with van der Waals surface area (Å²) in [6.45, 7) is 5.71. The molecule has 2 unspecified atom stereocenters. The van der Waals surface area contributed by atoms with Crippen LogP contribution in [0.4, 0.5) is 5.69 Å². The van der Waals surface area contributed by atoms with Gasteiger partial charge >= 0.3 is 0 Å². The molecule has 3 fully saturated rings. The van der Waals surface area contributed by atoms with Crippen LogP contribution >= 0.6 is 0 Å². The lowest BCUT2D eigenvalue weighted by Crippen LogP contribution is -2.45. The first-order valence-electron chi connectivity index (χ1n) is 13.0. The molecular weight excluding hydrogens is 410 g/mol. The molecule has 5 nitrogen and oxygen atoms in total. The number of hydrogen-bond donors (Lipinski definition) is 1. The second kappa shape index (κ2) is 11.3. The summed E-state index contributed by atoms with van der Waals surface area (Å²) in [6.07, 6.45) is 12.9. The number of ether oxygens (including phenoxy) is 2. The normalized spacial score (nSPS) is 27.3. The van der Waals surface area contributed by atoms with E-state index in [2.05, 4.69) is 51.6 Å². The average molecular weight is 450 g/mol. The number of pyridine rings is 1. The highest BCUT2D eigenvalue weighted by Gasteiger charge is 2.37. The number of nitrogens with one attached hydrogen (secondary N) is 1. The second-order valence-corrected chi connectivity index (χ2v) is 10.2. The van der Waals surface area contributed by atoms with Crippen LogP contribution in [0.1, 0.15) is 50.5 Å². The molecule has 3 aliphatic rings. The van der Waals surface area contributed by atoms with Crippen LogP contribution < -0.4 is 15.0 Å². The van der Waals surface area contributed by atoms with Gasteiger partial charge in [-0.25, -0.2) is 0 Å². The number of fused-ring (bicyclic) bond motifs is 1. The SMILES string of the molecule is c1ccc(COCC[C@@H]2CCCC3CCN(c4cncc(OC[C@@H]5CCCN5)c4)CC32)cc1. The highest BCUT2D eigenvalue weighted by molar-refractivity contribution is 5.48. The summed E-state index contributed by atoms with van der Waals surface area (Å²) in [7, 11) is 0. The Kier molecular flexibility index (Phi) is 7.79. The van der Waals surface area contributed by atoms with Gasteiger partial charge in [0.2, 0.25) is 0 Å². The maximum atomic E-state index is 6.08. The zero-order valence-electron chi connectivity index (χ0n) is 19.8. The zero-order chi connectivity index (χ0) is 22.3. The molecule has 0 bridgehead atoms. The van der Waals surface area contributed by atoms with Crippen molar-refractivity contribution in [1.82, 2.24) is 10.3 Å². The van der Waals surface area contributed by atoms with E-state index in [0.717, 1.165) is 63.0 Å². The second-order valence-electron chi connectivity index (χ2n) is 10.2. The van der Waals surface area contributed by atoms with Crippen LogP contribution in [0.5, 0.6) is 5.75 Å². The van der Waals surface area contributed by atoms with E-state index in [1.54, 1.807) is 0 Å². The van der Waals surface area contributed by atoms with E-state index in [4.69, 9.17) is 9.47 Å². The molecule has 0 radical (unpaired) electrons. The fourth-order valence-electron chi connectivity index (χ4n) is 6.13. The molecule has 178 valence electrons. The van der Waals surface area contributed by atoms with Gasteiger partial charge in [0.15, 0.2) is 0 Å². The van der Waals surface area contributed by atoms with Gasteiger partial charge in [-0.2, -0.15) is 0 Å². The van der Waals surface area contributed by atoms with E-state index in [-0.39, 0.29) is 0 Å². The molecule has 1 saturated carbocycles. The lowest BCUT2D eigenvalue weighted by atomic mass is 9.68. The smallest absolute Gasteiger partial charge is 0.139 e. The Labute approximate surface area is 198 Å².